The molecule has 0 bridgehead atoms. The zero-order valence-electron chi connectivity index (χ0n) is 16.3. The molecule has 0 aliphatic carbocycles. The summed E-state index contributed by atoms with van der Waals surface area (Å²) in [5, 5.41) is 1.20. The first-order chi connectivity index (χ1) is 14.2. The number of aromatic amines is 1. The Morgan fingerprint density at radius 1 is 0.966 bits per heavy atom. The average molecular weight is 388 g/mol. The maximum absolute atomic E-state index is 12.7. The van der Waals surface area contributed by atoms with Crippen molar-refractivity contribution in [3.8, 4) is 0 Å². The first-order valence-electron chi connectivity index (χ1n) is 10.2. The fourth-order valence-corrected chi connectivity index (χ4v) is 4.52. The molecule has 1 fully saturated rings. The summed E-state index contributed by atoms with van der Waals surface area (Å²) in [6, 6.07) is 18.2. The van der Waals surface area contributed by atoms with Gasteiger partial charge in [-0.05, 0) is 42.5 Å². The second-order valence-corrected chi connectivity index (χ2v) is 7.75. The Kier molecular flexibility index (Phi) is 4.46. The Morgan fingerprint density at radius 3 is 2.52 bits per heavy atom. The number of benzene rings is 2. The Morgan fingerprint density at radius 2 is 1.69 bits per heavy atom. The number of nitrogens with zero attached hydrogens (tertiary/aromatic N) is 3. The van der Waals surface area contributed by atoms with Crippen molar-refractivity contribution in [1.29, 1.82) is 0 Å². The number of H-pyrrole nitrogens is 1. The molecular formula is C23H24N4O2. The van der Waals surface area contributed by atoms with Crippen LogP contribution in [-0.4, -0.2) is 38.0 Å². The SMILES string of the molecule is O=C(CCn1ccc2ccccc21)N1CCC(n2c(=O)[nH]c3ccccc32)CC1. The van der Waals surface area contributed by atoms with E-state index in [0.717, 1.165) is 29.4 Å². The third-order valence-corrected chi connectivity index (χ3v) is 6.05. The standard InChI is InChI=1S/C23H24N4O2/c28-22(12-16-25-13-9-17-5-1-3-7-20(17)25)26-14-10-18(11-15-26)27-21-8-4-2-6-19(21)24-23(27)29/h1-9,13,18H,10-12,14-16H2,(H,24,29). The number of likely N-dealkylation sites (tertiary alicyclic amines) is 1. The van der Waals surface area contributed by atoms with Crippen LogP contribution in [0.1, 0.15) is 25.3 Å². The Balaban J connectivity index is 1.23. The fraction of sp³-hybridized carbons (Fsp3) is 0.304. The van der Waals surface area contributed by atoms with Crippen molar-refractivity contribution < 1.29 is 4.79 Å². The van der Waals surface area contributed by atoms with Crippen LogP contribution in [0, 0.1) is 0 Å². The molecule has 0 saturated carbocycles. The van der Waals surface area contributed by atoms with Gasteiger partial charge < -0.3 is 14.5 Å². The van der Waals surface area contributed by atoms with Crippen LogP contribution in [0.3, 0.4) is 0 Å². The van der Waals surface area contributed by atoms with Gasteiger partial charge in [0.25, 0.3) is 0 Å². The van der Waals surface area contributed by atoms with E-state index in [-0.39, 0.29) is 17.6 Å². The van der Waals surface area contributed by atoms with E-state index in [2.05, 4.69) is 27.8 Å². The highest BCUT2D eigenvalue weighted by Gasteiger charge is 2.25. The van der Waals surface area contributed by atoms with E-state index in [0.29, 0.717) is 26.1 Å². The van der Waals surface area contributed by atoms with Crippen LogP contribution < -0.4 is 5.69 Å². The summed E-state index contributed by atoms with van der Waals surface area (Å²) in [5.41, 5.74) is 2.92. The quantitative estimate of drug-likeness (QED) is 0.581. The first kappa shape index (κ1) is 17.8. The van der Waals surface area contributed by atoms with Crippen molar-refractivity contribution in [2.75, 3.05) is 13.1 Å². The van der Waals surface area contributed by atoms with Gasteiger partial charge in [-0.2, -0.15) is 0 Å². The number of piperidine rings is 1. The molecule has 0 radical (unpaired) electrons. The number of carbonyl (C=O) groups is 1. The topological polar surface area (TPSA) is 63.0 Å². The molecule has 6 heteroatoms. The number of nitrogens with one attached hydrogen (secondary N) is 1. The Hall–Kier alpha value is -3.28. The molecule has 0 atom stereocenters. The van der Waals surface area contributed by atoms with Crippen molar-refractivity contribution in [2.24, 2.45) is 0 Å². The molecule has 0 unspecified atom stereocenters. The number of hydrogen-bond donors (Lipinski definition) is 1. The van der Waals surface area contributed by atoms with Gasteiger partial charge >= 0.3 is 5.69 Å². The maximum Gasteiger partial charge on any atom is 0.326 e. The molecule has 1 N–H and O–H groups in total. The first-order valence-corrected chi connectivity index (χ1v) is 10.2. The lowest BCUT2D eigenvalue weighted by molar-refractivity contribution is -0.132. The lowest BCUT2D eigenvalue weighted by Crippen LogP contribution is -2.40. The third-order valence-electron chi connectivity index (χ3n) is 6.05. The molecule has 4 aromatic rings. The molecule has 1 aliphatic rings. The number of rotatable bonds is 4. The van der Waals surface area contributed by atoms with Gasteiger partial charge in [0.15, 0.2) is 0 Å². The molecule has 3 heterocycles. The van der Waals surface area contributed by atoms with Crippen molar-refractivity contribution in [2.45, 2.75) is 31.8 Å². The van der Waals surface area contributed by atoms with E-state index in [1.165, 1.54) is 5.39 Å². The van der Waals surface area contributed by atoms with E-state index in [4.69, 9.17) is 0 Å². The summed E-state index contributed by atoms with van der Waals surface area (Å²) in [6.45, 7) is 2.08. The minimum absolute atomic E-state index is 0.0598. The summed E-state index contributed by atoms with van der Waals surface area (Å²) in [5.74, 6) is 0.188. The second kappa shape index (κ2) is 7.28. The number of imidazole rings is 1. The highest BCUT2D eigenvalue weighted by Crippen LogP contribution is 2.25. The van der Waals surface area contributed by atoms with E-state index in [1.807, 2.05) is 52.1 Å². The lowest BCUT2D eigenvalue weighted by Gasteiger charge is -2.32. The molecule has 0 spiro atoms. The van der Waals surface area contributed by atoms with E-state index in [1.54, 1.807) is 0 Å². The number of aromatic nitrogens is 3. The molecule has 148 valence electrons. The number of carbonyl (C=O) groups excluding carboxylic acids is 1. The second-order valence-electron chi connectivity index (χ2n) is 7.75. The minimum atomic E-state index is -0.0598. The van der Waals surface area contributed by atoms with Gasteiger partial charge in [-0.3, -0.25) is 9.36 Å². The van der Waals surface area contributed by atoms with Crippen molar-refractivity contribution >= 4 is 27.8 Å². The minimum Gasteiger partial charge on any atom is -0.347 e. The monoisotopic (exact) mass is 388 g/mol. The van der Waals surface area contributed by atoms with Crippen LogP contribution in [0.2, 0.25) is 0 Å². The van der Waals surface area contributed by atoms with Crippen molar-refractivity contribution in [3.05, 3.63) is 71.3 Å². The molecule has 6 nitrogen and oxygen atoms in total. The summed E-state index contributed by atoms with van der Waals surface area (Å²) in [6.07, 6.45) is 4.16. The normalized spacial score (nSPS) is 15.4. The van der Waals surface area contributed by atoms with Crippen molar-refractivity contribution in [1.82, 2.24) is 19.0 Å². The number of hydrogen-bond acceptors (Lipinski definition) is 2. The highest BCUT2D eigenvalue weighted by molar-refractivity contribution is 5.80. The van der Waals surface area contributed by atoms with Gasteiger partial charge in [-0.25, -0.2) is 4.79 Å². The molecule has 2 aromatic carbocycles. The Labute approximate surface area is 168 Å². The molecule has 5 rings (SSSR count). The highest BCUT2D eigenvalue weighted by atomic mass is 16.2. The van der Waals surface area contributed by atoms with Crippen LogP contribution in [-0.2, 0) is 11.3 Å². The number of fused-ring (bicyclic) bond motifs is 2. The summed E-state index contributed by atoms with van der Waals surface area (Å²) < 4.78 is 4.01. The smallest absolute Gasteiger partial charge is 0.326 e. The molecule has 2 aromatic heterocycles. The van der Waals surface area contributed by atoms with Crippen LogP contribution in [0.15, 0.2) is 65.6 Å². The molecular weight excluding hydrogens is 364 g/mol. The zero-order chi connectivity index (χ0) is 19.8. The van der Waals surface area contributed by atoms with Gasteiger partial charge in [-0.1, -0.05) is 30.3 Å². The summed E-state index contributed by atoms with van der Waals surface area (Å²) in [7, 11) is 0. The summed E-state index contributed by atoms with van der Waals surface area (Å²) in [4.78, 5) is 30.0. The van der Waals surface area contributed by atoms with E-state index in [9.17, 15) is 9.59 Å². The zero-order valence-corrected chi connectivity index (χ0v) is 16.3. The predicted molar refractivity (Wildman–Crippen MR) is 114 cm³/mol. The third kappa shape index (κ3) is 3.24. The van der Waals surface area contributed by atoms with Crippen LogP contribution >= 0.6 is 0 Å². The maximum atomic E-state index is 12.7. The average Bonchev–Trinajstić information content (AvgIpc) is 3.32. The molecule has 29 heavy (non-hydrogen) atoms. The van der Waals surface area contributed by atoms with Gasteiger partial charge in [-0.15, -0.1) is 0 Å². The van der Waals surface area contributed by atoms with Crippen molar-refractivity contribution in [3.63, 3.8) is 0 Å². The predicted octanol–water partition coefficient (Wildman–Crippen LogP) is 3.54. The fourth-order valence-electron chi connectivity index (χ4n) is 4.52. The number of aryl methyl sites for hydroxylation is 1. The summed E-state index contributed by atoms with van der Waals surface area (Å²) >= 11 is 0. The van der Waals surface area contributed by atoms with E-state index < -0.39 is 0 Å². The van der Waals surface area contributed by atoms with Crippen LogP contribution in [0.5, 0.6) is 0 Å². The molecule has 1 aliphatic heterocycles. The van der Waals surface area contributed by atoms with Gasteiger partial charge in [0, 0.05) is 43.8 Å². The van der Waals surface area contributed by atoms with Gasteiger partial charge in [0.2, 0.25) is 5.91 Å². The van der Waals surface area contributed by atoms with Gasteiger partial charge in [0.1, 0.15) is 0 Å². The Bertz CT molecular complexity index is 1220. The molecule has 1 saturated heterocycles. The molecule has 1 amide bonds. The lowest BCUT2D eigenvalue weighted by atomic mass is 10.0. The van der Waals surface area contributed by atoms with Crippen LogP contribution in [0.4, 0.5) is 0 Å². The van der Waals surface area contributed by atoms with E-state index >= 15 is 0 Å². The largest absolute Gasteiger partial charge is 0.347 e. The number of para-hydroxylation sites is 3. The number of amides is 1. The van der Waals surface area contributed by atoms with Crippen LogP contribution in [0.25, 0.3) is 21.9 Å². The van der Waals surface area contributed by atoms with Gasteiger partial charge in [0.05, 0.1) is 11.0 Å².